The standard InChI is InChI=1S/C26H23NO5/c1-31-16-10-11-21-22(25(28)29)12-13-27(24(21)14-16)26(30)32-15-23-19-8-4-2-6-17(19)18-7-3-5-9-20(18)23/h2-11,14,22-23H,12-13,15H2,1H3,(H,28,29). The highest BCUT2D eigenvalue weighted by Crippen LogP contribution is 2.45. The number of fused-ring (bicyclic) bond motifs is 4. The third-order valence-electron chi connectivity index (χ3n) is 6.40. The number of carboxylic acids is 1. The molecule has 0 saturated carbocycles. The van der Waals surface area contributed by atoms with Gasteiger partial charge in [-0.05, 0) is 40.3 Å². The first-order valence-electron chi connectivity index (χ1n) is 10.6. The van der Waals surface area contributed by atoms with E-state index in [2.05, 4.69) is 24.3 Å². The molecule has 0 fully saturated rings. The highest BCUT2D eigenvalue weighted by molar-refractivity contribution is 5.92. The number of rotatable bonds is 4. The number of hydrogen-bond acceptors (Lipinski definition) is 4. The zero-order valence-electron chi connectivity index (χ0n) is 17.7. The number of aliphatic carboxylic acids is 1. The number of hydrogen-bond donors (Lipinski definition) is 1. The van der Waals surface area contributed by atoms with Gasteiger partial charge < -0.3 is 14.6 Å². The third kappa shape index (κ3) is 3.28. The van der Waals surface area contributed by atoms with Gasteiger partial charge in [0.25, 0.3) is 0 Å². The number of carboxylic acid groups (broad SMARTS) is 1. The van der Waals surface area contributed by atoms with Gasteiger partial charge in [-0.3, -0.25) is 9.69 Å². The minimum absolute atomic E-state index is 0.0345. The van der Waals surface area contributed by atoms with Crippen LogP contribution in [0.15, 0.2) is 66.7 Å². The maximum Gasteiger partial charge on any atom is 0.414 e. The van der Waals surface area contributed by atoms with Gasteiger partial charge in [0, 0.05) is 18.5 Å². The van der Waals surface area contributed by atoms with E-state index in [1.807, 2.05) is 24.3 Å². The van der Waals surface area contributed by atoms with Crippen molar-refractivity contribution in [2.45, 2.75) is 18.3 Å². The average Bonchev–Trinajstić information content (AvgIpc) is 3.15. The Bertz CT molecular complexity index is 1160. The van der Waals surface area contributed by atoms with E-state index in [0.717, 1.165) is 11.1 Å². The van der Waals surface area contributed by atoms with Gasteiger partial charge in [0.15, 0.2) is 0 Å². The molecule has 5 rings (SSSR count). The highest BCUT2D eigenvalue weighted by atomic mass is 16.6. The number of nitrogens with zero attached hydrogens (tertiary/aromatic N) is 1. The van der Waals surface area contributed by atoms with E-state index in [0.29, 0.717) is 23.4 Å². The molecule has 0 spiro atoms. The summed E-state index contributed by atoms with van der Waals surface area (Å²) in [4.78, 5) is 26.4. The molecule has 1 N–H and O–H groups in total. The first kappa shape index (κ1) is 20.1. The quantitative estimate of drug-likeness (QED) is 0.630. The van der Waals surface area contributed by atoms with Crippen LogP contribution < -0.4 is 9.64 Å². The van der Waals surface area contributed by atoms with Crippen LogP contribution >= 0.6 is 0 Å². The van der Waals surface area contributed by atoms with Gasteiger partial charge in [0.05, 0.1) is 18.7 Å². The zero-order valence-corrected chi connectivity index (χ0v) is 17.7. The molecule has 0 aromatic heterocycles. The number of methoxy groups -OCH3 is 1. The van der Waals surface area contributed by atoms with Crippen LogP contribution in [0.4, 0.5) is 10.5 Å². The zero-order chi connectivity index (χ0) is 22.2. The molecule has 3 aromatic rings. The number of ether oxygens (including phenoxy) is 2. The fourth-order valence-electron chi connectivity index (χ4n) is 4.83. The SMILES string of the molecule is COc1ccc2c(c1)N(C(=O)OCC1c3ccccc3-c3ccccc31)CCC2C(=O)O. The summed E-state index contributed by atoms with van der Waals surface area (Å²) in [6.07, 6.45) is -0.149. The van der Waals surface area contributed by atoms with Crippen molar-refractivity contribution in [2.24, 2.45) is 0 Å². The van der Waals surface area contributed by atoms with Crippen molar-refractivity contribution in [3.05, 3.63) is 83.4 Å². The Morgan fingerprint density at radius 1 is 0.969 bits per heavy atom. The fraction of sp³-hybridized carbons (Fsp3) is 0.231. The van der Waals surface area contributed by atoms with Crippen molar-refractivity contribution in [3.63, 3.8) is 0 Å². The largest absolute Gasteiger partial charge is 0.497 e. The highest BCUT2D eigenvalue weighted by Gasteiger charge is 2.35. The monoisotopic (exact) mass is 429 g/mol. The first-order chi connectivity index (χ1) is 15.6. The number of carbonyl (C=O) groups is 2. The molecule has 2 aliphatic rings. The molecule has 6 nitrogen and oxygen atoms in total. The molecule has 32 heavy (non-hydrogen) atoms. The Labute approximate surface area is 186 Å². The summed E-state index contributed by atoms with van der Waals surface area (Å²) >= 11 is 0. The van der Waals surface area contributed by atoms with E-state index in [1.165, 1.54) is 23.1 Å². The number of carbonyl (C=O) groups excluding carboxylic acids is 1. The van der Waals surface area contributed by atoms with Crippen molar-refractivity contribution in [3.8, 4) is 16.9 Å². The van der Waals surface area contributed by atoms with Crippen LogP contribution in [-0.4, -0.2) is 37.4 Å². The molecule has 1 atom stereocenters. The van der Waals surface area contributed by atoms with E-state index in [1.54, 1.807) is 18.2 Å². The normalized spacial score (nSPS) is 16.7. The smallest absolute Gasteiger partial charge is 0.414 e. The molecule has 1 aliphatic carbocycles. The van der Waals surface area contributed by atoms with Crippen LogP contribution in [0.1, 0.15) is 34.9 Å². The summed E-state index contributed by atoms with van der Waals surface area (Å²) in [5.41, 5.74) is 5.75. The Hall–Kier alpha value is -3.80. The number of amides is 1. The van der Waals surface area contributed by atoms with E-state index < -0.39 is 18.0 Å². The Kier molecular flexibility index (Phi) is 5.05. The topological polar surface area (TPSA) is 76.1 Å². The Balaban J connectivity index is 1.41. The molecule has 0 saturated heterocycles. The molecule has 1 aliphatic heterocycles. The molecule has 6 heteroatoms. The summed E-state index contributed by atoms with van der Waals surface area (Å²) in [6, 6.07) is 21.5. The molecular weight excluding hydrogens is 406 g/mol. The van der Waals surface area contributed by atoms with Crippen LogP contribution in [0.3, 0.4) is 0 Å². The van der Waals surface area contributed by atoms with E-state index >= 15 is 0 Å². The van der Waals surface area contributed by atoms with E-state index in [4.69, 9.17) is 9.47 Å². The summed E-state index contributed by atoms with van der Waals surface area (Å²) < 4.78 is 11.1. The predicted octanol–water partition coefficient (Wildman–Crippen LogP) is 5.02. The van der Waals surface area contributed by atoms with E-state index in [9.17, 15) is 14.7 Å². The van der Waals surface area contributed by atoms with Crippen molar-refractivity contribution in [2.75, 3.05) is 25.2 Å². The van der Waals surface area contributed by atoms with Gasteiger partial charge in [-0.2, -0.15) is 0 Å². The first-order valence-corrected chi connectivity index (χ1v) is 10.6. The van der Waals surface area contributed by atoms with Crippen molar-refractivity contribution >= 4 is 17.7 Å². The summed E-state index contributed by atoms with van der Waals surface area (Å²) in [5, 5.41) is 9.60. The Morgan fingerprint density at radius 3 is 2.25 bits per heavy atom. The molecule has 1 unspecified atom stereocenters. The minimum Gasteiger partial charge on any atom is -0.497 e. The maximum atomic E-state index is 13.1. The van der Waals surface area contributed by atoms with E-state index in [-0.39, 0.29) is 19.1 Å². The maximum absolute atomic E-state index is 13.1. The lowest BCUT2D eigenvalue weighted by Gasteiger charge is -2.32. The average molecular weight is 429 g/mol. The second-order valence-electron chi connectivity index (χ2n) is 8.06. The summed E-state index contributed by atoms with van der Waals surface area (Å²) in [6.45, 7) is 0.485. The molecule has 162 valence electrons. The van der Waals surface area contributed by atoms with Gasteiger partial charge in [0.1, 0.15) is 12.4 Å². The predicted molar refractivity (Wildman–Crippen MR) is 120 cm³/mol. The minimum atomic E-state index is -0.899. The van der Waals surface area contributed by atoms with Gasteiger partial charge in [-0.1, -0.05) is 54.6 Å². The lowest BCUT2D eigenvalue weighted by molar-refractivity contribution is -0.139. The lowest BCUT2D eigenvalue weighted by Crippen LogP contribution is -2.39. The Morgan fingerprint density at radius 2 is 1.62 bits per heavy atom. The summed E-state index contributed by atoms with van der Waals surface area (Å²) in [7, 11) is 1.54. The molecule has 1 amide bonds. The second kappa shape index (κ2) is 8.04. The van der Waals surface area contributed by atoms with Gasteiger partial charge in [0.2, 0.25) is 0 Å². The van der Waals surface area contributed by atoms with Crippen molar-refractivity contribution in [1.82, 2.24) is 0 Å². The fourth-order valence-corrected chi connectivity index (χ4v) is 4.83. The van der Waals surface area contributed by atoms with Gasteiger partial charge >= 0.3 is 12.1 Å². The van der Waals surface area contributed by atoms with Gasteiger partial charge in [-0.15, -0.1) is 0 Å². The molecule has 0 bridgehead atoms. The van der Waals surface area contributed by atoms with Gasteiger partial charge in [-0.25, -0.2) is 4.79 Å². The van der Waals surface area contributed by atoms with Crippen LogP contribution in [0.5, 0.6) is 5.75 Å². The van der Waals surface area contributed by atoms with Crippen LogP contribution in [-0.2, 0) is 9.53 Å². The third-order valence-corrected chi connectivity index (χ3v) is 6.40. The van der Waals surface area contributed by atoms with Crippen LogP contribution in [0, 0.1) is 0 Å². The number of anilines is 1. The molecule has 3 aromatic carbocycles. The van der Waals surface area contributed by atoms with Crippen LogP contribution in [0.25, 0.3) is 11.1 Å². The van der Waals surface area contributed by atoms with Crippen molar-refractivity contribution in [1.29, 1.82) is 0 Å². The molecule has 0 radical (unpaired) electrons. The number of benzene rings is 3. The molecule has 1 heterocycles. The molecular formula is C26H23NO5. The van der Waals surface area contributed by atoms with Crippen molar-refractivity contribution < 1.29 is 24.2 Å². The van der Waals surface area contributed by atoms with Crippen LogP contribution in [0.2, 0.25) is 0 Å². The lowest BCUT2D eigenvalue weighted by atomic mass is 9.90. The summed E-state index contributed by atoms with van der Waals surface area (Å²) in [5.74, 6) is -1.03. The second-order valence-corrected chi connectivity index (χ2v) is 8.06.